The van der Waals surface area contributed by atoms with Gasteiger partial charge in [0, 0.05) is 21.3 Å². The highest BCUT2D eigenvalue weighted by molar-refractivity contribution is 9.10. The molecular formula is C15H12BrF2N3. The lowest BCUT2D eigenvalue weighted by molar-refractivity contribution is 0.151. The Bertz CT molecular complexity index is 810. The highest BCUT2D eigenvalue weighted by Gasteiger charge is 2.14. The minimum absolute atomic E-state index is 0.0139. The summed E-state index contributed by atoms with van der Waals surface area (Å²) in [6.45, 7) is 1.93. The molecule has 0 aliphatic heterocycles. The summed E-state index contributed by atoms with van der Waals surface area (Å²) in [4.78, 5) is 4.49. The fraction of sp³-hybridized carbons (Fsp3) is 0.133. The van der Waals surface area contributed by atoms with Crippen molar-refractivity contribution in [2.24, 2.45) is 0 Å². The van der Waals surface area contributed by atoms with Gasteiger partial charge in [-0.3, -0.25) is 4.40 Å². The van der Waals surface area contributed by atoms with Crippen LogP contribution in [0.2, 0.25) is 0 Å². The van der Waals surface area contributed by atoms with Crippen molar-refractivity contribution >= 4 is 27.4 Å². The number of hydrogen-bond donors (Lipinski definition) is 1. The maximum Gasteiger partial charge on any atom is 0.263 e. The van der Waals surface area contributed by atoms with E-state index < -0.39 is 6.43 Å². The molecule has 0 saturated carbocycles. The number of nitrogen functional groups attached to an aromatic ring is 1. The zero-order chi connectivity index (χ0) is 15.1. The smallest absolute Gasteiger partial charge is 0.263 e. The van der Waals surface area contributed by atoms with Crippen molar-refractivity contribution in [2.45, 2.75) is 13.3 Å². The van der Waals surface area contributed by atoms with E-state index in [1.165, 1.54) is 12.1 Å². The summed E-state index contributed by atoms with van der Waals surface area (Å²) in [7, 11) is 0. The van der Waals surface area contributed by atoms with Crippen molar-refractivity contribution in [1.82, 2.24) is 9.38 Å². The molecule has 3 aromatic rings. The van der Waals surface area contributed by atoms with Gasteiger partial charge >= 0.3 is 0 Å². The third kappa shape index (κ3) is 2.29. The fourth-order valence-corrected chi connectivity index (χ4v) is 2.60. The van der Waals surface area contributed by atoms with Gasteiger partial charge in [0.25, 0.3) is 6.43 Å². The van der Waals surface area contributed by atoms with E-state index in [2.05, 4.69) is 20.9 Å². The molecule has 3 nitrogen and oxygen atoms in total. The first kappa shape index (κ1) is 14.0. The largest absolute Gasteiger partial charge is 0.383 e. The van der Waals surface area contributed by atoms with Gasteiger partial charge in [0.15, 0.2) is 0 Å². The molecule has 0 atom stereocenters. The van der Waals surface area contributed by atoms with Crippen LogP contribution in [0.3, 0.4) is 0 Å². The predicted octanol–water partition coefficient (Wildman–Crippen LogP) is 4.59. The van der Waals surface area contributed by atoms with Gasteiger partial charge in [-0.25, -0.2) is 13.8 Å². The Morgan fingerprint density at radius 1 is 1.14 bits per heavy atom. The normalized spacial score (nSPS) is 11.5. The molecule has 0 aliphatic rings. The zero-order valence-electron chi connectivity index (χ0n) is 11.1. The molecule has 0 fully saturated rings. The molecule has 2 heterocycles. The number of benzene rings is 1. The molecular weight excluding hydrogens is 340 g/mol. The SMILES string of the molecule is Cc1c(Br)ccc2nc(-c3ccc(C(F)F)cc3)c(N)n12. The van der Waals surface area contributed by atoms with Gasteiger partial charge in [-0.1, -0.05) is 24.3 Å². The molecule has 0 unspecified atom stereocenters. The van der Waals surface area contributed by atoms with E-state index >= 15 is 0 Å². The third-order valence-corrected chi connectivity index (χ3v) is 4.27. The molecule has 0 aliphatic carbocycles. The maximum absolute atomic E-state index is 12.6. The van der Waals surface area contributed by atoms with E-state index in [-0.39, 0.29) is 5.56 Å². The predicted molar refractivity (Wildman–Crippen MR) is 82.4 cm³/mol. The van der Waals surface area contributed by atoms with Crippen LogP contribution in [0.25, 0.3) is 16.9 Å². The molecule has 0 bridgehead atoms. The summed E-state index contributed by atoms with van der Waals surface area (Å²) in [5.74, 6) is 0.494. The molecule has 0 amide bonds. The summed E-state index contributed by atoms with van der Waals surface area (Å²) < 4.78 is 28.0. The Morgan fingerprint density at radius 2 is 1.81 bits per heavy atom. The lowest BCUT2D eigenvalue weighted by Gasteiger charge is -2.05. The Hall–Kier alpha value is -1.95. The molecule has 108 valence electrons. The Balaban J connectivity index is 2.17. The van der Waals surface area contributed by atoms with Gasteiger partial charge in [0.05, 0.1) is 0 Å². The second-order valence-electron chi connectivity index (χ2n) is 4.73. The average molecular weight is 352 g/mol. The summed E-state index contributed by atoms with van der Waals surface area (Å²) in [5, 5.41) is 0. The van der Waals surface area contributed by atoms with E-state index in [0.29, 0.717) is 11.5 Å². The Morgan fingerprint density at radius 3 is 2.43 bits per heavy atom. The van der Waals surface area contributed by atoms with E-state index in [9.17, 15) is 8.78 Å². The molecule has 0 radical (unpaired) electrons. The van der Waals surface area contributed by atoms with Gasteiger partial charge in [-0.15, -0.1) is 0 Å². The average Bonchev–Trinajstić information content (AvgIpc) is 2.81. The first-order chi connectivity index (χ1) is 9.99. The number of pyridine rings is 1. The van der Waals surface area contributed by atoms with Crippen LogP contribution < -0.4 is 5.73 Å². The van der Waals surface area contributed by atoms with Crippen molar-refractivity contribution in [2.75, 3.05) is 5.73 Å². The number of nitrogens with zero attached hydrogens (tertiary/aromatic N) is 2. The molecule has 2 aromatic heterocycles. The van der Waals surface area contributed by atoms with Crippen LogP contribution in [0.5, 0.6) is 0 Å². The summed E-state index contributed by atoms with van der Waals surface area (Å²) in [5.41, 5.74) is 9.13. The minimum Gasteiger partial charge on any atom is -0.383 e. The topological polar surface area (TPSA) is 43.3 Å². The van der Waals surface area contributed by atoms with Crippen LogP contribution >= 0.6 is 15.9 Å². The number of hydrogen-bond acceptors (Lipinski definition) is 2. The molecule has 3 rings (SSSR count). The number of rotatable bonds is 2. The third-order valence-electron chi connectivity index (χ3n) is 3.43. The summed E-state index contributed by atoms with van der Waals surface area (Å²) in [6, 6.07) is 9.78. The van der Waals surface area contributed by atoms with Crippen LogP contribution in [-0.4, -0.2) is 9.38 Å². The number of imidazole rings is 1. The molecule has 0 spiro atoms. The van der Waals surface area contributed by atoms with Gasteiger partial charge in [-0.05, 0) is 35.0 Å². The first-order valence-corrected chi connectivity index (χ1v) is 7.10. The maximum atomic E-state index is 12.6. The number of fused-ring (bicyclic) bond motifs is 1. The number of aromatic nitrogens is 2. The molecule has 2 N–H and O–H groups in total. The van der Waals surface area contributed by atoms with E-state index in [4.69, 9.17) is 5.73 Å². The second kappa shape index (κ2) is 5.11. The summed E-state index contributed by atoms with van der Waals surface area (Å²) >= 11 is 3.45. The van der Waals surface area contributed by atoms with Crippen molar-refractivity contribution in [3.63, 3.8) is 0 Å². The van der Waals surface area contributed by atoms with Crippen LogP contribution in [0.15, 0.2) is 40.9 Å². The lowest BCUT2D eigenvalue weighted by atomic mass is 10.1. The number of nitrogens with two attached hydrogens (primary N) is 1. The highest BCUT2D eigenvalue weighted by Crippen LogP contribution is 2.30. The van der Waals surface area contributed by atoms with Crippen molar-refractivity contribution in [3.8, 4) is 11.3 Å². The van der Waals surface area contributed by atoms with Gasteiger partial charge in [0.2, 0.25) is 0 Å². The Kier molecular flexibility index (Phi) is 3.41. The molecule has 1 aromatic carbocycles. The van der Waals surface area contributed by atoms with Crippen LogP contribution in [0.1, 0.15) is 17.7 Å². The van der Waals surface area contributed by atoms with Crippen molar-refractivity contribution < 1.29 is 8.78 Å². The molecule has 0 saturated heterocycles. The lowest BCUT2D eigenvalue weighted by Crippen LogP contribution is -1.98. The second-order valence-corrected chi connectivity index (χ2v) is 5.58. The number of aryl methyl sites for hydroxylation is 1. The van der Waals surface area contributed by atoms with E-state index in [0.717, 1.165) is 21.4 Å². The molecule has 21 heavy (non-hydrogen) atoms. The minimum atomic E-state index is -2.48. The van der Waals surface area contributed by atoms with E-state index in [1.807, 2.05) is 23.5 Å². The molecule has 6 heteroatoms. The van der Waals surface area contributed by atoms with Crippen LogP contribution in [0.4, 0.5) is 14.6 Å². The monoisotopic (exact) mass is 351 g/mol. The number of alkyl halides is 2. The van der Waals surface area contributed by atoms with Gasteiger partial charge in [0.1, 0.15) is 17.2 Å². The zero-order valence-corrected chi connectivity index (χ0v) is 12.7. The van der Waals surface area contributed by atoms with Crippen LogP contribution in [0, 0.1) is 6.92 Å². The fourth-order valence-electron chi connectivity index (χ4n) is 2.29. The highest BCUT2D eigenvalue weighted by atomic mass is 79.9. The standard InChI is InChI=1S/C15H12BrF2N3/c1-8-11(16)6-7-12-20-13(15(19)21(8)12)9-2-4-10(5-3-9)14(17)18/h2-7,14H,19H2,1H3. The summed E-state index contributed by atoms with van der Waals surface area (Å²) in [6.07, 6.45) is -2.48. The Labute approximate surface area is 128 Å². The number of anilines is 1. The van der Waals surface area contributed by atoms with E-state index in [1.54, 1.807) is 12.1 Å². The quantitative estimate of drug-likeness (QED) is 0.733. The van der Waals surface area contributed by atoms with Crippen molar-refractivity contribution in [3.05, 3.63) is 52.1 Å². The van der Waals surface area contributed by atoms with Crippen molar-refractivity contribution in [1.29, 1.82) is 0 Å². The van der Waals surface area contributed by atoms with Gasteiger partial charge < -0.3 is 5.73 Å². The van der Waals surface area contributed by atoms with Gasteiger partial charge in [-0.2, -0.15) is 0 Å². The van der Waals surface area contributed by atoms with Crippen LogP contribution in [-0.2, 0) is 0 Å². The number of halogens is 3. The first-order valence-electron chi connectivity index (χ1n) is 6.30.